The Morgan fingerprint density at radius 1 is 1.41 bits per heavy atom. The third-order valence-electron chi connectivity index (χ3n) is 3.65. The van der Waals surface area contributed by atoms with Crippen molar-refractivity contribution in [3.05, 3.63) is 34.3 Å². The van der Waals surface area contributed by atoms with Gasteiger partial charge in [-0.2, -0.15) is 0 Å². The summed E-state index contributed by atoms with van der Waals surface area (Å²) in [7, 11) is 0. The standard InChI is InChI=1S/C15H22BrN/c1-2-3-9-17-10-5-7-14(12-17)13-6-4-8-15(16)11-13/h4,6,8,11,14H,2-3,5,7,9-10,12H2,1H3. The van der Waals surface area contributed by atoms with E-state index in [1.54, 1.807) is 0 Å². The Labute approximate surface area is 113 Å². The fourth-order valence-electron chi connectivity index (χ4n) is 2.67. The Morgan fingerprint density at radius 2 is 2.29 bits per heavy atom. The average Bonchev–Trinajstić information content (AvgIpc) is 2.37. The lowest BCUT2D eigenvalue weighted by Crippen LogP contribution is -2.35. The van der Waals surface area contributed by atoms with Crippen molar-refractivity contribution in [1.82, 2.24) is 4.90 Å². The molecule has 2 rings (SSSR count). The van der Waals surface area contributed by atoms with E-state index in [4.69, 9.17) is 0 Å². The number of hydrogen-bond acceptors (Lipinski definition) is 1. The van der Waals surface area contributed by atoms with Gasteiger partial charge in [0.25, 0.3) is 0 Å². The molecule has 0 saturated carbocycles. The first-order valence-corrected chi connectivity index (χ1v) is 7.56. The molecule has 0 aromatic heterocycles. The van der Waals surface area contributed by atoms with Gasteiger partial charge in [0.05, 0.1) is 0 Å². The Morgan fingerprint density at radius 3 is 3.06 bits per heavy atom. The lowest BCUT2D eigenvalue weighted by Gasteiger charge is -2.33. The Kier molecular flexibility index (Phi) is 5.05. The average molecular weight is 296 g/mol. The van der Waals surface area contributed by atoms with E-state index in [2.05, 4.69) is 52.0 Å². The van der Waals surface area contributed by atoms with Gasteiger partial charge in [-0.25, -0.2) is 0 Å². The predicted molar refractivity (Wildman–Crippen MR) is 77.5 cm³/mol. The summed E-state index contributed by atoms with van der Waals surface area (Å²) in [6.07, 6.45) is 5.34. The van der Waals surface area contributed by atoms with Gasteiger partial charge in [0, 0.05) is 11.0 Å². The predicted octanol–water partition coefficient (Wildman–Crippen LogP) is 4.43. The second-order valence-electron chi connectivity index (χ2n) is 5.05. The third-order valence-corrected chi connectivity index (χ3v) is 4.15. The molecule has 2 heteroatoms. The normalized spacial score (nSPS) is 21.6. The van der Waals surface area contributed by atoms with Gasteiger partial charge in [0.2, 0.25) is 0 Å². The smallest absolute Gasteiger partial charge is 0.0178 e. The van der Waals surface area contributed by atoms with Crippen molar-refractivity contribution in [2.75, 3.05) is 19.6 Å². The van der Waals surface area contributed by atoms with Crippen LogP contribution >= 0.6 is 15.9 Å². The molecule has 1 heterocycles. The van der Waals surface area contributed by atoms with Crippen LogP contribution in [-0.2, 0) is 0 Å². The molecule has 1 fully saturated rings. The Bertz CT molecular complexity index is 351. The molecule has 17 heavy (non-hydrogen) atoms. The maximum Gasteiger partial charge on any atom is 0.0178 e. The van der Waals surface area contributed by atoms with E-state index in [9.17, 15) is 0 Å². The summed E-state index contributed by atoms with van der Waals surface area (Å²) in [5.74, 6) is 0.734. The van der Waals surface area contributed by atoms with E-state index in [1.807, 2.05) is 0 Å². The summed E-state index contributed by atoms with van der Waals surface area (Å²) in [6.45, 7) is 6.09. The molecule has 1 aliphatic heterocycles. The van der Waals surface area contributed by atoms with Crippen LogP contribution in [0.3, 0.4) is 0 Å². The molecule has 1 unspecified atom stereocenters. The van der Waals surface area contributed by atoms with E-state index in [1.165, 1.54) is 55.4 Å². The van der Waals surface area contributed by atoms with Gasteiger partial charge in [-0.1, -0.05) is 41.4 Å². The number of rotatable bonds is 4. The number of likely N-dealkylation sites (tertiary alicyclic amines) is 1. The van der Waals surface area contributed by atoms with Crippen LogP contribution < -0.4 is 0 Å². The summed E-state index contributed by atoms with van der Waals surface area (Å²) in [5, 5.41) is 0. The Hall–Kier alpha value is -0.340. The largest absolute Gasteiger partial charge is 0.303 e. The van der Waals surface area contributed by atoms with Crippen LogP contribution in [0.1, 0.15) is 44.1 Å². The highest BCUT2D eigenvalue weighted by Gasteiger charge is 2.20. The number of benzene rings is 1. The first-order valence-electron chi connectivity index (χ1n) is 6.77. The van der Waals surface area contributed by atoms with Crippen LogP contribution in [0.25, 0.3) is 0 Å². The zero-order valence-corrected chi connectivity index (χ0v) is 12.2. The van der Waals surface area contributed by atoms with E-state index in [-0.39, 0.29) is 0 Å². The van der Waals surface area contributed by atoms with Crippen LogP contribution in [0, 0.1) is 0 Å². The van der Waals surface area contributed by atoms with E-state index >= 15 is 0 Å². The quantitative estimate of drug-likeness (QED) is 0.794. The van der Waals surface area contributed by atoms with Gasteiger partial charge < -0.3 is 4.90 Å². The Balaban J connectivity index is 1.97. The zero-order valence-electron chi connectivity index (χ0n) is 10.7. The molecule has 0 radical (unpaired) electrons. The first kappa shape index (κ1) is 13.1. The SMILES string of the molecule is CCCCN1CCCC(c2cccc(Br)c2)C1. The van der Waals surface area contributed by atoms with E-state index < -0.39 is 0 Å². The maximum absolute atomic E-state index is 3.57. The van der Waals surface area contributed by atoms with Crippen molar-refractivity contribution >= 4 is 15.9 Å². The van der Waals surface area contributed by atoms with E-state index in [0.29, 0.717) is 0 Å². The molecular formula is C15H22BrN. The lowest BCUT2D eigenvalue weighted by molar-refractivity contribution is 0.205. The van der Waals surface area contributed by atoms with Gasteiger partial charge in [-0.15, -0.1) is 0 Å². The molecule has 0 spiro atoms. The number of hydrogen-bond donors (Lipinski definition) is 0. The third kappa shape index (κ3) is 3.82. The highest BCUT2D eigenvalue weighted by Crippen LogP contribution is 2.28. The molecule has 0 amide bonds. The molecule has 1 aliphatic rings. The topological polar surface area (TPSA) is 3.24 Å². The summed E-state index contributed by atoms with van der Waals surface area (Å²) < 4.78 is 1.21. The van der Waals surface area contributed by atoms with Crippen molar-refractivity contribution < 1.29 is 0 Å². The molecule has 1 nitrogen and oxygen atoms in total. The number of nitrogens with zero attached hydrogens (tertiary/aromatic N) is 1. The number of halogens is 1. The van der Waals surface area contributed by atoms with E-state index in [0.717, 1.165) is 5.92 Å². The van der Waals surface area contributed by atoms with Crippen LogP contribution in [0.5, 0.6) is 0 Å². The highest BCUT2D eigenvalue weighted by atomic mass is 79.9. The van der Waals surface area contributed by atoms with Crippen LogP contribution in [-0.4, -0.2) is 24.5 Å². The summed E-state index contributed by atoms with van der Waals surface area (Å²) in [5.41, 5.74) is 1.50. The molecule has 0 N–H and O–H groups in total. The fourth-order valence-corrected chi connectivity index (χ4v) is 3.09. The van der Waals surface area contributed by atoms with Crippen molar-refractivity contribution in [1.29, 1.82) is 0 Å². The molecule has 1 aromatic carbocycles. The maximum atomic E-state index is 3.57. The van der Waals surface area contributed by atoms with Crippen molar-refractivity contribution in [2.45, 2.75) is 38.5 Å². The van der Waals surface area contributed by atoms with Crippen LogP contribution in [0.2, 0.25) is 0 Å². The minimum Gasteiger partial charge on any atom is -0.303 e. The highest BCUT2D eigenvalue weighted by molar-refractivity contribution is 9.10. The van der Waals surface area contributed by atoms with Crippen molar-refractivity contribution in [2.24, 2.45) is 0 Å². The molecule has 1 atom stereocenters. The minimum absolute atomic E-state index is 0.734. The van der Waals surface area contributed by atoms with Gasteiger partial charge in [0.1, 0.15) is 0 Å². The monoisotopic (exact) mass is 295 g/mol. The molecule has 1 saturated heterocycles. The minimum atomic E-state index is 0.734. The van der Waals surface area contributed by atoms with Gasteiger partial charge in [0.15, 0.2) is 0 Å². The van der Waals surface area contributed by atoms with Crippen LogP contribution in [0.15, 0.2) is 28.7 Å². The number of unbranched alkanes of at least 4 members (excludes halogenated alkanes) is 1. The molecular weight excluding hydrogens is 274 g/mol. The van der Waals surface area contributed by atoms with Gasteiger partial charge in [-0.05, 0) is 56.0 Å². The number of piperidine rings is 1. The fraction of sp³-hybridized carbons (Fsp3) is 0.600. The molecule has 0 aliphatic carbocycles. The van der Waals surface area contributed by atoms with Crippen LogP contribution in [0.4, 0.5) is 0 Å². The van der Waals surface area contributed by atoms with Gasteiger partial charge in [-0.3, -0.25) is 0 Å². The van der Waals surface area contributed by atoms with Crippen molar-refractivity contribution in [3.8, 4) is 0 Å². The molecule has 94 valence electrons. The second kappa shape index (κ2) is 6.55. The molecule has 0 bridgehead atoms. The summed E-state index contributed by atoms with van der Waals surface area (Å²) >= 11 is 3.57. The zero-order chi connectivity index (χ0) is 12.1. The molecule has 1 aromatic rings. The van der Waals surface area contributed by atoms with Crippen molar-refractivity contribution in [3.63, 3.8) is 0 Å². The second-order valence-corrected chi connectivity index (χ2v) is 5.96. The van der Waals surface area contributed by atoms with Gasteiger partial charge >= 0.3 is 0 Å². The lowest BCUT2D eigenvalue weighted by atomic mass is 9.90. The first-order chi connectivity index (χ1) is 8.29. The summed E-state index contributed by atoms with van der Waals surface area (Å²) in [4.78, 5) is 2.64. The summed E-state index contributed by atoms with van der Waals surface area (Å²) in [6, 6.07) is 8.83.